The molecule has 0 aliphatic heterocycles. The van der Waals surface area contributed by atoms with Gasteiger partial charge in [0.1, 0.15) is 5.82 Å². The molecule has 0 radical (unpaired) electrons. The Kier molecular flexibility index (Phi) is 2.49. The van der Waals surface area contributed by atoms with Crippen molar-refractivity contribution in [2.24, 2.45) is 0 Å². The molecule has 2 aromatic rings. The highest BCUT2D eigenvalue weighted by Crippen LogP contribution is 2.31. The molecule has 8 heteroatoms. The van der Waals surface area contributed by atoms with E-state index in [1.165, 1.54) is 0 Å². The summed E-state index contributed by atoms with van der Waals surface area (Å²) in [5.41, 5.74) is -1.45. The average Bonchev–Trinajstić information content (AvgIpc) is 2.63. The molecule has 2 rings (SSSR count). The molecule has 0 aliphatic carbocycles. The van der Waals surface area contributed by atoms with Gasteiger partial charge >= 0.3 is 11.9 Å². The van der Waals surface area contributed by atoms with Crippen molar-refractivity contribution in [2.75, 3.05) is 0 Å². The standard InChI is InChI=1S/C9H4F4N2O2/c10-6-3-4(9(11,12)13)1-2-5(6)7-14-15-8(16)17-7/h1-3H,(H,15,16). The number of hydrogen-bond acceptors (Lipinski definition) is 3. The quantitative estimate of drug-likeness (QED) is 0.787. The fourth-order valence-electron chi connectivity index (χ4n) is 1.21. The molecule has 0 unspecified atom stereocenters. The second-order valence-corrected chi connectivity index (χ2v) is 3.11. The maximum Gasteiger partial charge on any atom is 0.434 e. The fourth-order valence-corrected chi connectivity index (χ4v) is 1.21. The zero-order valence-electron chi connectivity index (χ0n) is 8.01. The lowest BCUT2D eigenvalue weighted by Crippen LogP contribution is -2.05. The van der Waals surface area contributed by atoms with Crippen LogP contribution in [0.15, 0.2) is 27.4 Å². The Morgan fingerprint density at radius 1 is 1.29 bits per heavy atom. The van der Waals surface area contributed by atoms with Crippen molar-refractivity contribution in [2.45, 2.75) is 6.18 Å². The Balaban J connectivity index is 2.49. The number of H-pyrrole nitrogens is 1. The molecule has 17 heavy (non-hydrogen) atoms. The van der Waals surface area contributed by atoms with Crippen molar-refractivity contribution in [3.8, 4) is 11.5 Å². The Hall–Kier alpha value is -2.12. The average molecular weight is 248 g/mol. The van der Waals surface area contributed by atoms with E-state index in [1.54, 1.807) is 0 Å². The summed E-state index contributed by atoms with van der Waals surface area (Å²) in [4.78, 5) is 10.6. The minimum absolute atomic E-state index is 0.310. The van der Waals surface area contributed by atoms with Crippen LogP contribution in [0.5, 0.6) is 0 Å². The molecule has 1 aromatic heterocycles. The van der Waals surface area contributed by atoms with Crippen LogP contribution in [-0.4, -0.2) is 10.2 Å². The van der Waals surface area contributed by atoms with Crippen LogP contribution in [-0.2, 0) is 6.18 Å². The number of nitrogens with one attached hydrogen (secondary N) is 1. The number of aromatic nitrogens is 2. The molecule has 0 amide bonds. The molecule has 0 atom stereocenters. The summed E-state index contributed by atoms with van der Waals surface area (Å²) in [6, 6.07) is 1.83. The van der Waals surface area contributed by atoms with E-state index in [9.17, 15) is 22.4 Å². The highest BCUT2D eigenvalue weighted by Gasteiger charge is 2.31. The zero-order valence-corrected chi connectivity index (χ0v) is 8.01. The lowest BCUT2D eigenvalue weighted by molar-refractivity contribution is -0.137. The largest absolute Gasteiger partial charge is 0.434 e. The fraction of sp³-hybridized carbons (Fsp3) is 0.111. The third kappa shape index (κ3) is 2.19. The van der Waals surface area contributed by atoms with E-state index < -0.39 is 29.2 Å². The first kappa shape index (κ1) is 11.4. The van der Waals surface area contributed by atoms with Crippen LogP contribution in [0.2, 0.25) is 0 Å². The first-order valence-electron chi connectivity index (χ1n) is 4.30. The van der Waals surface area contributed by atoms with E-state index in [0.29, 0.717) is 12.1 Å². The number of benzene rings is 1. The van der Waals surface area contributed by atoms with Gasteiger partial charge in [-0.15, -0.1) is 5.10 Å². The maximum atomic E-state index is 13.4. The minimum atomic E-state index is -4.63. The van der Waals surface area contributed by atoms with Gasteiger partial charge in [0.2, 0.25) is 0 Å². The van der Waals surface area contributed by atoms with E-state index in [2.05, 4.69) is 9.52 Å². The summed E-state index contributed by atoms with van der Waals surface area (Å²) >= 11 is 0. The molecular weight excluding hydrogens is 244 g/mol. The molecular formula is C9H4F4N2O2. The minimum Gasteiger partial charge on any atom is -0.388 e. The smallest absolute Gasteiger partial charge is 0.388 e. The predicted molar refractivity (Wildman–Crippen MR) is 47.5 cm³/mol. The van der Waals surface area contributed by atoms with E-state index >= 15 is 0 Å². The van der Waals surface area contributed by atoms with Crippen LogP contribution in [0, 0.1) is 5.82 Å². The highest BCUT2D eigenvalue weighted by atomic mass is 19.4. The van der Waals surface area contributed by atoms with Crippen molar-refractivity contribution < 1.29 is 22.0 Å². The molecule has 4 nitrogen and oxygen atoms in total. The number of alkyl halides is 3. The Labute approximate surface area is 90.9 Å². The number of aromatic amines is 1. The first-order chi connectivity index (χ1) is 7.88. The monoisotopic (exact) mass is 248 g/mol. The highest BCUT2D eigenvalue weighted by molar-refractivity contribution is 5.54. The second-order valence-electron chi connectivity index (χ2n) is 3.11. The molecule has 0 fully saturated rings. The van der Waals surface area contributed by atoms with E-state index in [-0.39, 0.29) is 5.56 Å². The molecule has 1 N–H and O–H groups in total. The van der Waals surface area contributed by atoms with Gasteiger partial charge < -0.3 is 4.42 Å². The van der Waals surface area contributed by atoms with Crippen LogP contribution < -0.4 is 5.76 Å². The second kappa shape index (κ2) is 3.72. The SMILES string of the molecule is O=c1[nH]nc(-c2ccc(C(F)(F)F)cc2F)o1. The Morgan fingerprint density at radius 2 is 2.00 bits per heavy atom. The molecule has 0 saturated carbocycles. The van der Waals surface area contributed by atoms with Crippen LogP contribution in [0.25, 0.3) is 11.5 Å². The molecule has 0 spiro atoms. The molecule has 0 aliphatic rings. The number of hydrogen-bond donors (Lipinski definition) is 1. The molecule has 1 heterocycles. The third-order valence-electron chi connectivity index (χ3n) is 1.96. The van der Waals surface area contributed by atoms with Gasteiger partial charge in [-0.05, 0) is 18.2 Å². The topological polar surface area (TPSA) is 58.9 Å². The van der Waals surface area contributed by atoms with Crippen LogP contribution in [0.4, 0.5) is 17.6 Å². The maximum absolute atomic E-state index is 13.4. The number of nitrogens with zero attached hydrogens (tertiary/aromatic N) is 1. The summed E-state index contributed by atoms with van der Waals surface area (Å²) in [7, 11) is 0. The van der Waals surface area contributed by atoms with Crippen LogP contribution >= 0.6 is 0 Å². The van der Waals surface area contributed by atoms with Crippen LogP contribution in [0.3, 0.4) is 0 Å². The van der Waals surface area contributed by atoms with Gasteiger partial charge in [0.25, 0.3) is 5.89 Å². The Morgan fingerprint density at radius 3 is 2.47 bits per heavy atom. The van der Waals surface area contributed by atoms with Crippen molar-refractivity contribution in [1.29, 1.82) is 0 Å². The number of rotatable bonds is 1. The summed E-state index contributed by atoms with van der Waals surface area (Å²) in [6.07, 6.45) is -4.63. The van der Waals surface area contributed by atoms with E-state index in [0.717, 1.165) is 6.07 Å². The molecule has 0 bridgehead atoms. The van der Waals surface area contributed by atoms with Gasteiger partial charge in [0.05, 0.1) is 11.1 Å². The van der Waals surface area contributed by atoms with Gasteiger partial charge in [-0.2, -0.15) is 13.2 Å². The van der Waals surface area contributed by atoms with Crippen molar-refractivity contribution >= 4 is 0 Å². The summed E-state index contributed by atoms with van der Waals surface area (Å²) < 4.78 is 54.5. The van der Waals surface area contributed by atoms with Gasteiger partial charge in [-0.1, -0.05) is 0 Å². The van der Waals surface area contributed by atoms with Gasteiger partial charge in [-0.25, -0.2) is 14.3 Å². The zero-order chi connectivity index (χ0) is 12.6. The summed E-state index contributed by atoms with van der Waals surface area (Å²) in [5, 5.41) is 5.19. The number of halogens is 4. The summed E-state index contributed by atoms with van der Waals surface area (Å²) in [5.74, 6) is -2.49. The van der Waals surface area contributed by atoms with Gasteiger partial charge in [-0.3, -0.25) is 0 Å². The van der Waals surface area contributed by atoms with Gasteiger partial charge in [0, 0.05) is 0 Å². The third-order valence-corrected chi connectivity index (χ3v) is 1.96. The van der Waals surface area contributed by atoms with Crippen LogP contribution in [0.1, 0.15) is 5.56 Å². The molecule has 90 valence electrons. The molecule has 0 saturated heterocycles. The van der Waals surface area contributed by atoms with Crippen molar-refractivity contribution in [3.63, 3.8) is 0 Å². The lowest BCUT2D eigenvalue weighted by Gasteiger charge is -2.07. The predicted octanol–water partition coefficient (Wildman–Crippen LogP) is 2.19. The van der Waals surface area contributed by atoms with E-state index in [4.69, 9.17) is 0 Å². The molecule has 1 aromatic carbocycles. The van der Waals surface area contributed by atoms with E-state index in [1.807, 2.05) is 5.10 Å². The normalized spacial score (nSPS) is 11.8. The first-order valence-corrected chi connectivity index (χ1v) is 4.30. The Bertz CT molecular complexity index is 600. The van der Waals surface area contributed by atoms with Crippen molar-refractivity contribution in [3.05, 3.63) is 40.1 Å². The summed E-state index contributed by atoms with van der Waals surface area (Å²) in [6.45, 7) is 0. The lowest BCUT2D eigenvalue weighted by atomic mass is 10.1. The van der Waals surface area contributed by atoms with Crippen molar-refractivity contribution in [1.82, 2.24) is 10.2 Å². The van der Waals surface area contributed by atoms with Gasteiger partial charge in [0.15, 0.2) is 0 Å².